The van der Waals surface area contributed by atoms with Gasteiger partial charge in [-0.1, -0.05) is 18.6 Å². The number of hydrogen-bond donors (Lipinski definition) is 1. The van der Waals surface area contributed by atoms with Crippen LogP contribution >= 0.6 is 0 Å². The normalized spacial score (nSPS) is 24.5. The van der Waals surface area contributed by atoms with Gasteiger partial charge in [-0.15, -0.1) is 0 Å². The first-order chi connectivity index (χ1) is 13.0. The summed E-state index contributed by atoms with van der Waals surface area (Å²) in [7, 11) is 0. The van der Waals surface area contributed by atoms with Crippen LogP contribution in [-0.2, 0) is 9.53 Å². The highest BCUT2D eigenvalue weighted by atomic mass is 16.5. The van der Waals surface area contributed by atoms with Gasteiger partial charge in [-0.25, -0.2) is 0 Å². The predicted molar refractivity (Wildman–Crippen MR) is 104 cm³/mol. The lowest BCUT2D eigenvalue weighted by Crippen LogP contribution is -2.53. The third-order valence-corrected chi connectivity index (χ3v) is 6.07. The summed E-state index contributed by atoms with van der Waals surface area (Å²) in [5.41, 5.74) is 2.38. The molecule has 0 saturated carbocycles. The van der Waals surface area contributed by atoms with Gasteiger partial charge in [0.05, 0.1) is 5.56 Å². The Morgan fingerprint density at radius 2 is 1.93 bits per heavy atom. The molecular formula is C21H29N3O3. The minimum atomic E-state index is -0.584. The van der Waals surface area contributed by atoms with Crippen molar-refractivity contribution in [2.75, 3.05) is 31.1 Å². The molecule has 27 heavy (non-hydrogen) atoms. The van der Waals surface area contributed by atoms with Gasteiger partial charge in [0.25, 0.3) is 11.8 Å². The molecule has 146 valence electrons. The highest BCUT2D eigenvalue weighted by Crippen LogP contribution is 2.33. The van der Waals surface area contributed by atoms with Crippen LogP contribution in [0, 0.1) is 6.92 Å². The molecule has 0 radical (unpaired) electrons. The molecule has 1 aromatic rings. The van der Waals surface area contributed by atoms with Crippen molar-refractivity contribution < 1.29 is 14.3 Å². The standard InChI is InChI=1S/C21H29N3O3/c1-3-18-19(25)22-21(27-18)8-12-24(13-9-21)20(26)16-14-15(2)6-7-17(16)23-10-4-5-11-23/h6-7,14,18H,3-5,8-13H2,1-2H3,(H,22,25). The zero-order chi connectivity index (χ0) is 19.0. The largest absolute Gasteiger partial charge is 0.371 e. The molecule has 6 heteroatoms. The van der Waals surface area contributed by atoms with E-state index in [1.54, 1.807) is 0 Å². The number of amides is 2. The molecular weight excluding hydrogens is 342 g/mol. The monoisotopic (exact) mass is 371 g/mol. The molecule has 0 bridgehead atoms. The van der Waals surface area contributed by atoms with Gasteiger partial charge < -0.3 is 19.9 Å². The number of anilines is 1. The number of ether oxygens (including phenoxy) is 1. The Kier molecular flexibility index (Phi) is 4.84. The Morgan fingerprint density at radius 3 is 2.56 bits per heavy atom. The van der Waals surface area contributed by atoms with Gasteiger partial charge >= 0.3 is 0 Å². The zero-order valence-corrected chi connectivity index (χ0v) is 16.3. The highest BCUT2D eigenvalue weighted by molar-refractivity contribution is 6.00. The first kappa shape index (κ1) is 18.3. The van der Waals surface area contributed by atoms with Gasteiger partial charge in [-0.05, 0) is 38.3 Å². The molecule has 2 amide bonds. The first-order valence-electron chi connectivity index (χ1n) is 10.2. The van der Waals surface area contributed by atoms with E-state index in [9.17, 15) is 9.59 Å². The van der Waals surface area contributed by atoms with Crippen molar-refractivity contribution in [1.82, 2.24) is 10.2 Å². The van der Waals surface area contributed by atoms with Crippen LogP contribution in [0.4, 0.5) is 5.69 Å². The summed E-state index contributed by atoms with van der Waals surface area (Å²) in [5, 5.41) is 3.03. The zero-order valence-electron chi connectivity index (χ0n) is 16.3. The lowest BCUT2D eigenvalue weighted by molar-refractivity contribution is -0.124. The Bertz CT molecular complexity index is 734. The Labute approximate surface area is 160 Å². The molecule has 1 aromatic carbocycles. The number of carbonyl (C=O) groups is 2. The number of rotatable bonds is 3. The SMILES string of the molecule is CCC1OC2(CCN(C(=O)c3cc(C)ccc3N3CCCC3)CC2)NC1=O. The van der Waals surface area contributed by atoms with E-state index in [1.807, 2.05) is 24.8 Å². The van der Waals surface area contributed by atoms with Gasteiger partial charge in [0.2, 0.25) is 0 Å². The summed E-state index contributed by atoms with van der Waals surface area (Å²) in [6, 6.07) is 6.19. The molecule has 3 saturated heterocycles. The van der Waals surface area contributed by atoms with Gasteiger partial charge in [0.1, 0.15) is 11.8 Å². The number of nitrogens with one attached hydrogen (secondary N) is 1. The maximum atomic E-state index is 13.3. The van der Waals surface area contributed by atoms with Gasteiger partial charge in [-0.3, -0.25) is 9.59 Å². The number of benzene rings is 1. The Hall–Kier alpha value is -2.08. The fraction of sp³-hybridized carbons (Fsp3) is 0.619. The van der Waals surface area contributed by atoms with Crippen LogP contribution in [0.2, 0.25) is 0 Å². The fourth-order valence-electron chi connectivity index (χ4n) is 4.47. The van der Waals surface area contributed by atoms with Gasteiger partial charge in [0.15, 0.2) is 0 Å². The molecule has 1 N–H and O–H groups in total. The van der Waals surface area contributed by atoms with Crippen molar-refractivity contribution in [3.63, 3.8) is 0 Å². The van der Waals surface area contributed by atoms with E-state index in [2.05, 4.69) is 22.3 Å². The summed E-state index contributed by atoms with van der Waals surface area (Å²) in [4.78, 5) is 29.5. The summed E-state index contributed by atoms with van der Waals surface area (Å²) in [6.07, 6.45) is 3.98. The van der Waals surface area contributed by atoms with Crippen LogP contribution in [0.3, 0.4) is 0 Å². The van der Waals surface area contributed by atoms with Crippen LogP contribution in [0.25, 0.3) is 0 Å². The Morgan fingerprint density at radius 1 is 1.22 bits per heavy atom. The maximum Gasteiger partial charge on any atom is 0.255 e. The minimum absolute atomic E-state index is 0.0210. The van der Waals surface area contributed by atoms with Crippen molar-refractivity contribution in [2.24, 2.45) is 0 Å². The molecule has 3 aliphatic heterocycles. The summed E-state index contributed by atoms with van der Waals surface area (Å²) < 4.78 is 6.00. The molecule has 4 rings (SSSR count). The average Bonchev–Trinajstić information content (AvgIpc) is 3.30. The number of nitrogens with zero attached hydrogens (tertiary/aromatic N) is 2. The first-order valence-corrected chi connectivity index (χ1v) is 10.2. The molecule has 1 spiro atoms. The van der Waals surface area contributed by atoms with E-state index in [4.69, 9.17) is 4.74 Å². The van der Waals surface area contributed by atoms with E-state index in [0.717, 1.165) is 29.9 Å². The van der Waals surface area contributed by atoms with Crippen LogP contribution in [0.1, 0.15) is 54.9 Å². The summed E-state index contributed by atoms with van der Waals surface area (Å²) >= 11 is 0. The summed E-state index contributed by atoms with van der Waals surface area (Å²) in [6.45, 7) is 7.23. The van der Waals surface area contributed by atoms with E-state index in [0.29, 0.717) is 32.4 Å². The van der Waals surface area contributed by atoms with Crippen molar-refractivity contribution in [1.29, 1.82) is 0 Å². The molecule has 3 aliphatic rings. The number of hydrogen-bond acceptors (Lipinski definition) is 4. The number of likely N-dealkylation sites (tertiary alicyclic amines) is 1. The molecule has 1 atom stereocenters. The van der Waals surface area contributed by atoms with E-state index in [-0.39, 0.29) is 17.9 Å². The molecule has 6 nitrogen and oxygen atoms in total. The second-order valence-electron chi connectivity index (χ2n) is 8.01. The Balaban J connectivity index is 1.49. The third kappa shape index (κ3) is 3.43. The van der Waals surface area contributed by atoms with E-state index < -0.39 is 5.72 Å². The number of carbonyl (C=O) groups excluding carboxylic acids is 2. The number of aryl methyl sites for hydroxylation is 1. The van der Waals surface area contributed by atoms with Crippen molar-refractivity contribution in [3.8, 4) is 0 Å². The topological polar surface area (TPSA) is 61.9 Å². The minimum Gasteiger partial charge on any atom is -0.371 e. The quantitative estimate of drug-likeness (QED) is 0.887. The van der Waals surface area contributed by atoms with Crippen molar-refractivity contribution in [3.05, 3.63) is 29.3 Å². The lowest BCUT2D eigenvalue weighted by Gasteiger charge is -2.39. The van der Waals surface area contributed by atoms with Gasteiger partial charge in [-0.2, -0.15) is 0 Å². The molecule has 1 unspecified atom stereocenters. The van der Waals surface area contributed by atoms with Crippen molar-refractivity contribution in [2.45, 2.75) is 57.8 Å². The molecule has 3 heterocycles. The van der Waals surface area contributed by atoms with E-state index >= 15 is 0 Å². The van der Waals surface area contributed by atoms with Crippen LogP contribution in [-0.4, -0.2) is 54.7 Å². The average molecular weight is 371 g/mol. The van der Waals surface area contributed by atoms with E-state index in [1.165, 1.54) is 12.8 Å². The maximum absolute atomic E-state index is 13.3. The second kappa shape index (κ2) is 7.15. The smallest absolute Gasteiger partial charge is 0.255 e. The lowest BCUT2D eigenvalue weighted by atomic mass is 9.99. The highest BCUT2D eigenvalue weighted by Gasteiger charge is 2.46. The van der Waals surface area contributed by atoms with Crippen LogP contribution in [0.5, 0.6) is 0 Å². The second-order valence-corrected chi connectivity index (χ2v) is 8.01. The number of piperidine rings is 1. The van der Waals surface area contributed by atoms with Crippen molar-refractivity contribution >= 4 is 17.5 Å². The summed E-state index contributed by atoms with van der Waals surface area (Å²) in [5.74, 6) is 0.0686. The predicted octanol–water partition coefficient (Wildman–Crippen LogP) is 2.45. The fourth-order valence-corrected chi connectivity index (χ4v) is 4.47. The van der Waals surface area contributed by atoms with Gasteiger partial charge in [0, 0.05) is 44.7 Å². The molecule has 0 aromatic heterocycles. The molecule has 3 fully saturated rings. The van der Waals surface area contributed by atoms with Crippen LogP contribution < -0.4 is 10.2 Å². The molecule has 0 aliphatic carbocycles. The van der Waals surface area contributed by atoms with Crippen LogP contribution in [0.15, 0.2) is 18.2 Å². The third-order valence-electron chi connectivity index (χ3n) is 6.07.